The Morgan fingerprint density at radius 2 is 1.00 bits per heavy atom. The van der Waals surface area contributed by atoms with E-state index in [9.17, 15) is 26.3 Å². The monoisotopic (exact) mass is 402 g/mol. The predicted octanol–water partition coefficient (Wildman–Crippen LogP) is 6.89. The maximum atomic E-state index is 11.9. The van der Waals surface area contributed by atoms with Gasteiger partial charge in [0.15, 0.2) is 11.4 Å². The summed E-state index contributed by atoms with van der Waals surface area (Å²) in [6.07, 6.45) is -9.43. The number of hydrogen-bond acceptors (Lipinski definition) is 2. The van der Waals surface area contributed by atoms with Gasteiger partial charge in [-0.1, -0.05) is 24.3 Å². The van der Waals surface area contributed by atoms with Crippen molar-refractivity contribution >= 4 is 11.4 Å². The normalized spacial score (nSPS) is 10.8. The molecule has 0 bridgehead atoms. The summed E-state index contributed by atoms with van der Waals surface area (Å²) in [7, 11) is 0. The van der Waals surface area contributed by atoms with Crippen LogP contribution in [0.5, 0.6) is 11.5 Å². The molecule has 0 atom stereocenters. The van der Waals surface area contributed by atoms with Crippen LogP contribution in [-0.2, 0) is 0 Å². The summed E-state index contributed by atoms with van der Waals surface area (Å²) in [6, 6.07) is 7.83. The van der Waals surface area contributed by atoms with Crippen molar-refractivity contribution in [2.45, 2.75) is 26.6 Å². The molecule has 0 aromatic heterocycles. The molecule has 0 amide bonds. The van der Waals surface area contributed by atoms with Crippen LogP contribution in [0.4, 0.5) is 37.7 Å². The van der Waals surface area contributed by atoms with Crippen LogP contribution >= 0.6 is 0 Å². The highest BCUT2D eigenvalue weighted by Gasteiger charge is 2.32. The molecule has 0 saturated carbocycles. The Labute approximate surface area is 156 Å². The smallest absolute Gasteiger partial charge is 0.407 e. The van der Waals surface area contributed by atoms with Gasteiger partial charge in [0, 0.05) is 0 Å². The molecule has 10 heteroatoms. The molecule has 0 fully saturated rings. The molecule has 28 heavy (non-hydrogen) atoms. The van der Waals surface area contributed by atoms with Crippen LogP contribution < -0.4 is 9.47 Å². The lowest BCUT2D eigenvalue weighted by Crippen LogP contribution is -2.17. The first-order valence-electron chi connectivity index (χ1n) is 7.32. The summed E-state index contributed by atoms with van der Waals surface area (Å²) in [4.78, 5) is 6.01. The third-order valence-electron chi connectivity index (χ3n) is 3.05. The molecule has 0 unspecified atom stereocenters. The van der Waals surface area contributed by atoms with Crippen LogP contribution in [0.1, 0.15) is 11.1 Å². The van der Waals surface area contributed by atoms with E-state index in [1.54, 1.807) is 0 Å². The van der Waals surface area contributed by atoms with E-state index in [1.807, 2.05) is 0 Å². The van der Waals surface area contributed by atoms with Gasteiger partial charge in [-0.25, -0.2) is 9.69 Å². The first kappa shape index (κ1) is 22.6. The maximum Gasteiger partial charge on any atom is 0.573 e. The third kappa shape index (κ3) is 7.87. The van der Waals surface area contributed by atoms with Crippen molar-refractivity contribution in [2.75, 3.05) is 0 Å². The highest BCUT2D eigenvalue weighted by molar-refractivity contribution is 5.53. The molecule has 0 aliphatic carbocycles. The van der Waals surface area contributed by atoms with E-state index in [-0.39, 0.29) is 22.9 Å². The minimum atomic E-state index is -4.72. The Hall–Kier alpha value is -3.40. The Bertz CT molecular complexity index is 833. The van der Waals surface area contributed by atoms with Crippen LogP contribution in [0.2, 0.25) is 0 Å². The summed E-state index contributed by atoms with van der Waals surface area (Å²) in [6.45, 7) is 16.2. The number of hydrogen-bond donors (Lipinski definition) is 0. The Kier molecular flexibility index (Phi) is 7.28. The van der Waals surface area contributed by atoms with E-state index >= 15 is 0 Å². The molecule has 0 radical (unpaired) electrons. The van der Waals surface area contributed by atoms with Crippen molar-refractivity contribution in [3.8, 4) is 11.5 Å². The molecular formula is C18H12F6N2O2. The van der Waals surface area contributed by atoms with Crippen molar-refractivity contribution in [3.05, 3.63) is 70.4 Å². The Balaban J connectivity index is 0.000000280. The van der Waals surface area contributed by atoms with Crippen LogP contribution in [0.25, 0.3) is 9.69 Å². The topological polar surface area (TPSA) is 27.2 Å². The number of rotatable bonds is 2. The van der Waals surface area contributed by atoms with Gasteiger partial charge in [-0.3, -0.25) is 0 Å². The van der Waals surface area contributed by atoms with Gasteiger partial charge in [0.05, 0.1) is 13.1 Å². The zero-order valence-electron chi connectivity index (χ0n) is 14.4. The number of alkyl halides is 6. The van der Waals surface area contributed by atoms with E-state index in [0.717, 1.165) is 12.1 Å². The molecule has 0 saturated heterocycles. The molecule has 2 rings (SSSR count). The Morgan fingerprint density at radius 3 is 1.25 bits per heavy atom. The molecular weight excluding hydrogens is 390 g/mol. The van der Waals surface area contributed by atoms with Crippen molar-refractivity contribution in [2.24, 2.45) is 0 Å². The van der Waals surface area contributed by atoms with Crippen molar-refractivity contribution in [3.63, 3.8) is 0 Å². The lowest BCUT2D eigenvalue weighted by atomic mass is 10.2. The van der Waals surface area contributed by atoms with Crippen molar-refractivity contribution in [1.82, 2.24) is 0 Å². The predicted molar refractivity (Wildman–Crippen MR) is 88.2 cm³/mol. The summed E-state index contributed by atoms with van der Waals surface area (Å²) >= 11 is 0. The number of nitrogens with zero attached hydrogens (tertiary/aromatic N) is 2. The minimum absolute atomic E-state index is 0.120. The molecule has 4 nitrogen and oxygen atoms in total. The lowest BCUT2D eigenvalue weighted by molar-refractivity contribution is -0.275. The van der Waals surface area contributed by atoms with Crippen molar-refractivity contribution < 1.29 is 35.8 Å². The van der Waals surface area contributed by atoms with E-state index in [0.29, 0.717) is 11.1 Å². The number of benzene rings is 2. The van der Waals surface area contributed by atoms with Crippen LogP contribution in [0, 0.1) is 27.0 Å². The van der Waals surface area contributed by atoms with Gasteiger partial charge >= 0.3 is 12.7 Å². The SMILES string of the molecule is [C-]#[N+]c1ccc(C)c(OC(F)(F)F)c1.[C-]#[N+]c1ccc(C)c(OC(F)(F)F)c1. The first-order chi connectivity index (χ1) is 12.8. The van der Waals surface area contributed by atoms with Gasteiger partial charge in [0.25, 0.3) is 0 Å². The van der Waals surface area contributed by atoms with Crippen molar-refractivity contribution in [1.29, 1.82) is 0 Å². The standard InChI is InChI=1S/2C9H6F3NO/c2*1-6-3-4-7(13-2)5-8(6)14-9(10,11)12/h2*3-5H,1H3. The fourth-order valence-corrected chi connectivity index (χ4v) is 1.79. The minimum Gasteiger partial charge on any atom is -0.407 e. The summed E-state index contributed by atoms with van der Waals surface area (Å²) in [5, 5.41) is 0. The third-order valence-corrected chi connectivity index (χ3v) is 3.05. The van der Waals surface area contributed by atoms with Gasteiger partial charge < -0.3 is 9.47 Å². The number of ether oxygens (including phenoxy) is 2. The van der Waals surface area contributed by atoms with E-state index in [4.69, 9.17) is 13.1 Å². The molecule has 0 aliphatic rings. The van der Waals surface area contributed by atoms with Gasteiger partial charge in [-0.05, 0) is 37.1 Å². The van der Waals surface area contributed by atoms with Gasteiger partial charge in [-0.2, -0.15) is 0 Å². The maximum absolute atomic E-state index is 11.9. The summed E-state index contributed by atoms with van der Waals surface area (Å²) < 4.78 is 78.6. The van der Waals surface area contributed by atoms with E-state index in [1.165, 1.54) is 38.1 Å². The lowest BCUT2D eigenvalue weighted by Gasteiger charge is -2.11. The number of aryl methyl sites for hydroxylation is 2. The molecule has 0 spiro atoms. The fraction of sp³-hybridized carbons (Fsp3) is 0.222. The van der Waals surface area contributed by atoms with Crippen LogP contribution in [0.15, 0.2) is 36.4 Å². The van der Waals surface area contributed by atoms with Gasteiger partial charge in [-0.15, -0.1) is 26.3 Å². The second-order valence-electron chi connectivity index (χ2n) is 5.22. The molecule has 0 N–H and O–H groups in total. The van der Waals surface area contributed by atoms with E-state index in [2.05, 4.69) is 19.2 Å². The fourth-order valence-electron chi connectivity index (χ4n) is 1.79. The second kappa shape index (κ2) is 9.00. The zero-order valence-corrected chi connectivity index (χ0v) is 14.4. The molecule has 2 aromatic rings. The molecule has 0 aliphatic heterocycles. The molecule has 0 heterocycles. The second-order valence-corrected chi connectivity index (χ2v) is 5.22. The molecule has 148 valence electrons. The molecule has 2 aromatic carbocycles. The number of halogens is 6. The zero-order chi connectivity index (χ0) is 21.5. The summed E-state index contributed by atoms with van der Waals surface area (Å²) in [5.41, 5.74) is 0.925. The van der Waals surface area contributed by atoms with Gasteiger partial charge in [0.1, 0.15) is 11.5 Å². The van der Waals surface area contributed by atoms with Crippen LogP contribution in [0.3, 0.4) is 0 Å². The highest BCUT2D eigenvalue weighted by Crippen LogP contribution is 2.30. The largest absolute Gasteiger partial charge is 0.573 e. The van der Waals surface area contributed by atoms with Gasteiger partial charge in [0.2, 0.25) is 0 Å². The quantitative estimate of drug-likeness (QED) is 0.404. The average Bonchev–Trinajstić information content (AvgIpc) is 2.57. The van der Waals surface area contributed by atoms with E-state index < -0.39 is 12.7 Å². The summed E-state index contributed by atoms with van der Waals surface area (Å²) in [5.74, 6) is -0.656. The van der Waals surface area contributed by atoms with Crippen LogP contribution in [-0.4, -0.2) is 12.7 Å². The highest BCUT2D eigenvalue weighted by atomic mass is 19.4. The average molecular weight is 402 g/mol. The Morgan fingerprint density at radius 1 is 0.679 bits per heavy atom. The first-order valence-corrected chi connectivity index (χ1v) is 7.32.